The largest absolute Gasteiger partial charge is 0.390 e. The molecule has 0 N–H and O–H groups in total. The lowest BCUT2D eigenvalue weighted by atomic mass is 10.3. The Labute approximate surface area is 83.9 Å². The molecule has 2 aromatic rings. The Morgan fingerprint density at radius 3 is 2.80 bits per heavy atom. The molecule has 0 saturated carbocycles. The van der Waals surface area contributed by atoms with Crippen LogP contribution >= 0.6 is 0 Å². The smallest absolute Gasteiger partial charge is 0.358 e. The highest BCUT2D eigenvalue weighted by molar-refractivity contribution is 5.32. The molecule has 0 saturated heterocycles. The highest BCUT2D eigenvalue weighted by atomic mass is 19.1. The summed E-state index contributed by atoms with van der Waals surface area (Å²) < 4.78 is 14.1. The molecule has 0 fully saturated rings. The van der Waals surface area contributed by atoms with Crippen LogP contribution in [0.15, 0.2) is 36.5 Å². The third-order valence-corrected chi connectivity index (χ3v) is 1.83. The van der Waals surface area contributed by atoms with Crippen LogP contribution in [0.3, 0.4) is 0 Å². The predicted octanol–water partition coefficient (Wildman–Crippen LogP) is 1.92. The van der Waals surface area contributed by atoms with E-state index in [1.54, 1.807) is 6.07 Å². The van der Waals surface area contributed by atoms with Gasteiger partial charge in [-0.2, -0.15) is 0 Å². The first-order chi connectivity index (χ1) is 7.16. The van der Waals surface area contributed by atoms with Gasteiger partial charge in [0.05, 0.1) is 23.0 Å². The molecule has 0 unspecified atom stereocenters. The van der Waals surface area contributed by atoms with Crippen LogP contribution in [0.4, 0.5) is 10.2 Å². The lowest BCUT2D eigenvalue weighted by Crippen LogP contribution is -1.96. The third-order valence-electron chi connectivity index (χ3n) is 1.83. The predicted molar refractivity (Wildman–Crippen MR) is 50.2 cm³/mol. The summed E-state index contributed by atoms with van der Waals surface area (Å²) in [5.74, 6) is -0.676. The molecular formula is C9H6FN3O2. The highest BCUT2D eigenvalue weighted by Gasteiger charge is 2.11. The molecule has 0 bridgehead atoms. The number of hydrogen-bond acceptors (Lipinski definition) is 3. The molecule has 0 radical (unpaired) electrons. The zero-order valence-electron chi connectivity index (χ0n) is 7.50. The first-order valence-corrected chi connectivity index (χ1v) is 4.13. The Kier molecular flexibility index (Phi) is 2.17. The topological polar surface area (TPSA) is 61.0 Å². The molecule has 76 valence electrons. The van der Waals surface area contributed by atoms with Gasteiger partial charge in [-0.05, 0) is 17.1 Å². The van der Waals surface area contributed by atoms with Crippen LogP contribution in [-0.4, -0.2) is 14.7 Å². The minimum atomic E-state index is -0.601. The zero-order chi connectivity index (χ0) is 10.8. The van der Waals surface area contributed by atoms with E-state index in [-0.39, 0.29) is 5.82 Å². The fraction of sp³-hybridized carbons (Fsp3) is 0. The van der Waals surface area contributed by atoms with E-state index in [0.717, 1.165) is 0 Å². The summed E-state index contributed by atoms with van der Waals surface area (Å²) in [6, 6.07) is 6.92. The van der Waals surface area contributed by atoms with Gasteiger partial charge in [0.25, 0.3) is 0 Å². The van der Waals surface area contributed by atoms with Gasteiger partial charge in [-0.25, -0.2) is 4.39 Å². The number of nitrogens with zero attached hydrogens (tertiary/aromatic N) is 3. The van der Waals surface area contributed by atoms with Gasteiger partial charge in [0.1, 0.15) is 5.82 Å². The van der Waals surface area contributed by atoms with Crippen LogP contribution in [0.5, 0.6) is 0 Å². The maximum absolute atomic E-state index is 12.8. The molecule has 0 spiro atoms. The van der Waals surface area contributed by atoms with Crippen LogP contribution < -0.4 is 0 Å². The second-order valence-electron chi connectivity index (χ2n) is 2.86. The van der Waals surface area contributed by atoms with Gasteiger partial charge in [-0.15, -0.1) is 4.68 Å². The fourth-order valence-corrected chi connectivity index (χ4v) is 1.17. The van der Waals surface area contributed by atoms with Gasteiger partial charge in [0, 0.05) is 6.07 Å². The van der Waals surface area contributed by atoms with E-state index in [0.29, 0.717) is 5.69 Å². The first kappa shape index (κ1) is 9.32. The summed E-state index contributed by atoms with van der Waals surface area (Å²) in [7, 11) is 0. The van der Waals surface area contributed by atoms with Crippen LogP contribution in [0.2, 0.25) is 0 Å². The van der Waals surface area contributed by atoms with Gasteiger partial charge in [-0.3, -0.25) is 0 Å². The average Bonchev–Trinajstić information content (AvgIpc) is 2.66. The van der Waals surface area contributed by atoms with Crippen molar-refractivity contribution in [3.63, 3.8) is 0 Å². The van der Waals surface area contributed by atoms with Crippen molar-refractivity contribution >= 4 is 5.82 Å². The van der Waals surface area contributed by atoms with Crippen molar-refractivity contribution < 1.29 is 9.31 Å². The van der Waals surface area contributed by atoms with Gasteiger partial charge in [-0.1, -0.05) is 6.07 Å². The number of halogens is 1. The molecule has 0 aliphatic rings. The van der Waals surface area contributed by atoms with E-state index >= 15 is 0 Å². The van der Waals surface area contributed by atoms with Gasteiger partial charge in [0.2, 0.25) is 0 Å². The lowest BCUT2D eigenvalue weighted by Gasteiger charge is -1.95. The van der Waals surface area contributed by atoms with Crippen molar-refractivity contribution in [2.75, 3.05) is 0 Å². The molecule has 0 aliphatic heterocycles. The molecule has 1 aromatic heterocycles. The summed E-state index contributed by atoms with van der Waals surface area (Å²) in [4.78, 5) is 9.77. The van der Waals surface area contributed by atoms with E-state index in [1.165, 1.54) is 35.1 Å². The quantitative estimate of drug-likeness (QED) is 0.558. The van der Waals surface area contributed by atoms with E-state index < -0.39 is 10.7 Å². The van der Waals surface area contributed by atoms with Crippen molar-refractivity contribution in [3.8, 4) is 5.69 Å². The molecule has 15 heavy (non-hydrogen) atoms. The molecule has 0 aliphatic carbocycles. The monoisotopic (exact) mass is 207 g/mol. The Balaban J connectivity index is 2.41. The van der Waals surface area contributed by atoms with E-state index in [1.807, 2.05) is 0 Å². The van der Waals surface area contributed by atoms with Crippen LogP contribution in [0, 0.1) is 15.9 Å². The fourth-order valence-electron chi connectivity index (χ4n) is 1.17. The molecule has 5 nitrogen and oxygen atoms in total. The second-order valence-corrected chi connectivity index (χ2v) is 2.86. The van der Waals surface area contributed by atoms with Crippen molar-refractivity contribution in [1.29, 1.82) is 0 Å². The molecule has 0 atom stereocenters. The Hall–Kier alpha value is -2.24. The maximum Gasteiger partial charge on any atom is 0.390 e. The van der Waals surface area contributed by atoms with Gasteiger partial charge < -0.3 is 10.1 Å². The summed E-state index contributed by atoms with van der Waals surface area (Å²) in [6.45, 7) is 0. The van der Waals surface area contributed by atoms with E-state index in [9.17, 15) is 14.5 Å². The molecular weight excluding hydrogens is 201 g/mol. The number of rotatable bonds is 2. The van der Waals surface area contributed by atoms with Crippen LogP contribution in [-0.2, 0) is 0 Å². The van der Waals surface area contributed by atoms with Crippen molar-refractivity contribution in [2.45, 2.75) is 0 Å². The minimum absolute atomic E-state index is 0.265. The molecule has 6 heteroatoms. The number of benzene rings is 1. The van der Waals surface area contributed by atoms with E-state index in [2.05, 4.69) is 5.10 Å². The molecule has 1 aromatic carbocycles. The third kappa shape index (κ3) is 1.83. The Bertz CT molecular complexity index is 510. The van der Waals surface area contributed by atoms with Crippen LogP contribution in [0.25, 0.3) is 5.69 Å². The van der Waals surface area contributed by atoms with E-state index in [4.69, 9.17) is 0 Å². The van der Waals surface area contributed by atoms with Crippen molar-refractivity contribution in [3.05, 3.63) is 52.5 Å². The summed E-state index contributed by atoms with van der Waals surface area (Å²) in [5.41, 5.74) is 0.447. The molecule has 2 rings (SSSR count). The Morgan fingerprint density at radius 1 is 1.40 bits per heavy atom. The van der Waals surface area contributed by atoms with Crippen molar-refractivity contribution in [2.24, 2.45) is 0 Å². The zero-order valence-corrected chi connectivity index (χ0v) is 7.50. The Morgan fingerprint density at radius 2 is 2.20 bits per heavy atom. The van der Waals surface area contributed by atoms with Gasteiger partial charge in [0.15, 0.2) is 0 Å². The maximum atomic E-state index is 12.8. The van der Waals surface area contributed by atoms with Crippen LogP contribution in [0.1, 0.15) is 0 Å². The lowest BCUT2D eigenvalue weighted by molar-refractivity contribution is -0.389. The second kappa shape index (κ2) is 3.49. The number of aromatic nitrogens is 2. The number of nitro groups is 1. The first-order valence-electron chi connectivity index (χ1n) is 4.13. The summed E-state index contributed by atoms with van der Waals surface area (Å²) >= 11 is 0. The van der Waals surface area contributed by atoms with Crippen molar-refractivity contribution in [1.82, 2.24) is 9.78 Å². The normalized spacial score (nSPS) is 10.2. The van der Waals surface area contributed by atoms with Gasteiger partial charge >= 0.3 is 5.82 Å². The highest BCUT2D eigenvalue weighted by Crippen LogP contribution is 2.12. The molecule has 1 heterocycles. The minimum Gasteiger partial charge on any atom is -0.358 e. The average molecular weight is 207 g/mol. The summed E-state index contributed by atoms with van der Waals surface area (Å²) in [6.07, 6.45) is 1.41. The number of hydrogen-bond donors (Lipinski definition) is 0. The summed E-state index contributed by atoms with van der Waals surface area (Å²) in [5, 5.41) is 14.0. The standard InChI is InChI=1S/C9H6FN3O2/c10-7-2-1-3-8(6-7)12-5-4-9(11-12)13(14)15/h1-6H. The SMILES string of the molecule is O=[N+]([O-])c1ccn(-c2cccc(F)c2)n1. The molecule has 0 amide bonds.